The van der Waals surface area contributed by atoms with E-state index in [0.29, 0.717) is 11.6 Å². The lowest BCUT2D eigenvalue weighted by atomic mass is 10.2. The van der Waals surface area contributed by atoms with Crippen molar-refractivity contribution >= 4 is 11.7 Å². The number of nitrogens with one attached hydrogen (secondary N) is 1. The normalized spacial score (nSPS) is 24.0. The Labute approximate surface area is 119 Å². The van der Waals surface area contributed by atoms with Crippen molar-refractivity contribution in [3.8, 4) is 0 Å². The summed E-state index contributed by atoms with van der Waals surface area (Å²) in [6.07, 6.45) is 2.86. The predicted octanol–water partition coefficient (Wildman–Crippen LogP) is 0.277. The van der Waals surface area contributed by atoms with Crippen LogP contribution in [-0.2, 0) is 4.74 Å². The highest BCUT2D eigenvalue weighted by Gasteiger charge is 2.29. The van der Waals surface area contributed by atoms with Crippen LogP contribution >= 0.6 is 0 Å². The van der Waals surface area contributed by atoms with Crippen LogP contribution in [0.3, 0.4) is 0 Å². The van der Waals surface area contributed by atoms with Crippen LogP contribution in [-0.4, -0.2) is 61.2 Å². The minimum Gasteiger partial charge on any atom is -0.384 e. The number of hydrogen-bond acceptors (Lipinski definition) is 5. The quantitative estimate of drug-likeness (QED) is 0.612. The molecule has 6 heteroatoms. The number of nitrogens with zero attached hydrogens (tertiary/aromatic N) is 3. The first-order valence-corrected chi connectivity index (χ1v) is 7.11. The highest BCUT2D eigenvalue weighted by molar-refractivity contribution is 5.94. The highest BCUT2D eigenvalue weighted by atomic mass is 16.5. The van der Waals surface area contributed by atoms with Crippen molar-refractivity contribution in [2.45, 2.75) is 12.5 Å². The van der Waals surface area contributed by atoms with Gasteiger partial charge in [0.2, 0.25) is 0 Å². The number of nitrogens with two attached hydrogens (primary N) is 1. The number of ether oxygens (including phenoxy) is 1. The number of anilines is 1. The molecule has 3 N–H and O–H groups in total. The number of hydrogen-bond donors (Lipinski definition) is 2. The standard InChI is InChI=1S/C14H21N5O/c15-14(16)11-1-2-13(17-9-11)19-4-3-12(10-19)18-5-7-20-8-6-18/h1-2,9,12H,3-8,10H2,(H3,15,16). The van der Waals surface area contributed by atoms with Crippen molar-refractivity contribution in [1.29, 1.82) is 5.41 Å². The van der Waals surface area contributed by atoms with E-state index in [1.54, 1.807) is 6.20 Å². The first-order valence-electron chi connectivity index (χ1n) is 7.11. The molecule has 0 aromatic carbocycles. The van der Waals surface area contributed by atoms with Gasteiger partial charge in [-0.15, -0.1) is 0 Å². The smallest absolute Gasteiger partial charge is 0.128 e. The van der Waals surface area contributed by atoms with Crippen LogP contribution in [0.1, 0.15) is 12.0 Å². The molecule has 1 aromatic heterocycles. The topological polar surface area (TPSA) is 78.5 Å². The number of rotatable bonds is 3. The van der Waals surface area contributed by atoms with E-state index in [-0.39, 0.29) is 5.84 Å². The molecule has 1 atom stereocenters. The first-order chi connectivity index (χ1) is 9.74. The molecule has 0 radical (unpaired) electrons. The van der Waals surface area contributed by atoms with Gasteiger partial charge in [0.1, 0.15) is 11.7 Å². The maximum absolute atomic E-state index is 7.39. The molecule has 20 heavy (non-hydrogen) atoms. The zero-order valence-corrected chi connectivity index (χ0v) is 11.6. The molecule has 6 nitrogen and oxygen atoms in total. The van der Waals surface area contributed by atoms with E-state index in [1.807, 2.05) is 12.1 Å². The molecule has 0 amide bonds. The summed E-state index contributed by atoms with van der Waals surface area (Å²) < 4.78 is 5.41. The third-order valence-electron chi connectivity index (χ3n) is 4.11. The second-order valence-electron chi connectivity index (χ2n) is 5.36. The summed E-state index contributed by atoms with van der Waals surface area (Å²) in [6.45, 7) is 5.83. The van der Waals surface area contributed by atoms with Crippen LogP contribution in [0.2, 0.25) is 0 Å². The average Bonchev–Trinajstić information content (AvgIpc) is 2.98. The van der Waals surface area contributed by atoms with Crippen LogP contribution in [0.25, 0.3) is 0 Å². The van der Waals surface area contributed by atoms with E-state index in [2.05, 4.69) is 14.8 Å². The van der Waals surface area contributed by atoms with Gasteiger partial charge >= 0.3 is 0 Å². The van der Waals surface area contributed by atoms with Gasteiger partial charge in [-0.05, 0) is 18.6 Å². The molecule has 0 aliphatic carbocycles. The molecule has 1 aromatic rings. The summed E-state index contributed by atoms with van der Waals surface area (Å²) in [6, 6.07) is 4.43. The average molecular weight is 275 g/mol. The lowest BCUT2D eigenvalue weighted by Crippen LogP contribution is -2.44. The molecular weight excluding hydrogens is 254 g/mol. The molecule has 1 unspecified atom stereocenters. The van der Waals surface area contributed by atoms with Gasteiger partial charge in [-0.2, -0.15) is 0 Å². The molecule has 0 spiro atoms. The number of morpholine rings is 1. The first kappa shape index (κ1) is 13.3. The Kier molecular flexibility index (Phi) is 3.84. The maximum atomic E-state index is 7.39. The van der Waals surface area contributed by atoms with E-state index in [1.165, 1.54) is 6.42 Å². The molecule has 2 saturated heterocycles. The van der Waals surface area contributed by atoms with E-state index < -0.39 is 0 Å². The summed E-state index contributed by atoms with van der Waals surface area (Å²) in [7, 11) is 0. The molecule has 2 fully saturated rings. The largest absolute Gasteiger partial charge is 0.384 e. The Hall–Kier alpha value is -1.66. The maximum Gasteiger partial charge on any atom is 0.128 e. The predicted molar refractivity (Wildman–Crippen MR) is 78.3 cm³/mol. The number of aromatic nitrogens is 1. The summed E-state index contributed by atoms with van der Waals surface area (Å²) in [5.41, 5.74) is 6.13. The van der Waals surface area contributed by atoms with Gasteiger partial charge in [-0.25, -0.2) is 4.98 Å². The van der Waals surface area contributed by atoms with Crippen molar-refractivity contribution in [3.63, 3.8) is 0 Å². The Balaban J connectivity index is 1.62. The monoisotopic (exact) mass is 275 g/mol. The summed E-state index contributed by atoms with van der Waals surface area (Å²) in [5.74, 6) is 1.04. The van der Waals surface area contributed by atoms with E-state index in [0.717, 1.165) is 45.2 Å². The number of pyridine rings is 1. The van der Waals surface area contributed by atoms with E-state index >= 15 is 0 Å². The van der Waals surface area contributed by atoms with Gasteiger partial charge in [0.25, 0.3) is 0 Å². The Morgan fingerprint density at radius 2 is 2.10 bits per heavy atom. The fourth-order valence-electron chi connectivity index (χ4n) is 2.92. The summed E-state index contributed by atoms with van der Waals surface area (Å²) >= 11 is 0. The molecule has 2 aliphatic heterocycles. The lowest BCUT2D eigenvalue weighted by molar-refractivity contribution is 0.0209. The van der Waals surface area contributed by atoms with Gasteiger partial charge in [0.15, 0.2) is 0 Å². The lowest BCUT2D eigenvalue weighted by Gasteiger charge is -2.32. The molecule has 108 valence electrons. The van der Waals surface area contributed by atoms with Crippen molar-refractivity contribution < 1.29 is 4.74 Å². The minimum absolute atomic E-state index is 0.0664. The molecule has 3 rings (SSSR count). The van der Waals surface area contributed by atoms with Gasteiger partial charge in [-0.1, -0.05) is 0 Å². The molecule has 0 bridgehead atoms. The highest BCUT2D eigenvalue weighted by Crippen LogP contribution is 2.22. The zero-order valence-electron chi connectivity index (χ0n) is 11.6. The molecule has 2 aliphatic rings. The molecule has 3 heterocycles. The van der Waals surface area contributed by atoms with Gasteiger partial charge in [-0.3, -0.25) is 10.3 Å². The van der Waals surface area contributed by atoms with E-state index in [4.69, 9.17) is 15.9 Å². The molecule has 0 saturated carbocycles. The van der Waals surface area contributed by atoms with Gasteiger partial charge in [0.05, 0.1) is 13.2 Å². The van der Waals surface area contributed by atoms with E-state index in [9.17, 15) is 0 Å². The van der Waals surface area contributed by atoms with Gasteiger partial charge in [0, 0.05) is 44.0 Å². The Bertz CT molecular complexity index is 469. The molecular formula is C14H21N5O. The minimum atomic E-state index is 0.0664. The summed E-state index contributed by atoms with van der Waals surface area (Å²) in [4.78, 5) is 9.25. The van der Waals surface area contributed by atoms with Crippen LogP contribution < -0.4 is 10.6 Å². The Morgan fingerprint density at radius 3 is 2.75 bits per heavy atom. The second-order valence-corrected chi connectivity index (χ2v) is 5.36. The van der Waals surface area contributed by atoms with Crippen molar-refractivity contribution in [2.24, 2.45) is 5.73 Å². The van der Waals surface area contributed by atoms with Crippen LogP contribution in [0.5, 0.6) is 0 Å². The van der Waals surface area contributed by atoms with Gasteiger partial charge < -0.3 is 15.4 Å². The Morgan fingerprint density at radius 1 is 1.30 bits per heavy atom. The van der Waals surface area contributed by atoms with Crippen LogP contribution in [0.4, 0.5) is 5.82 Å². The number of amidine groups is 1. The van der Waals surface area contributed by atoms with Crippen LogP contribution in [0, 0.1) is 5.41 Å². The third-order valence-corrected chi connectivity index (χ3v) is 4.11. The fraction of sp³-hybridized carbons (Fsp3) is 0.571. The van der Waals surface area contributed by atoms with Crippen molar-refractivity contribution in [3.05, 3.63) is 23.9 Å². The third kappa shape index (κ3) is 2.76. The fourth-order valence-corrected chi connectivity index (χ4v) is 2.92. The zero-order chi connectivity index (χ0) is 13.9. The second kappa shape index (κ2) is 5.76. The number of nitrogen functional groups attached to an aromatic ring is 1. The summed E-state index contributed by atoms with van der Waals surface area (Å²) in [5, 5.41) is 7.39. The SMILES string of the molecule is N=C(N)c1ccc(N2CCC(N3CCOCC3)C2)nc1. The van der Waals surface area contributed by atoms with Crippen molar-refractivity contribution in [2.75, 3.05) is 44.3 Å². The van der Waals surface area contributed by atoms with Crippen LogP contribution in [0.15, 0.2) is 18.3 Å². The van der Waals surface area contributed by atoms with Crippen molar-refractivity contribution in [1.82, 2.24) is 9.88 Å².